The SMILES string of the molecule is Cc1c(CN2CCC3(CC2)C[C@@H](O)[C@@H](O)CO3)[nH]c2ccc(Cl)cc12.O=CO. The monoisotopic (exact) mass is 410 g/mol. The first-order valence-corrected chi connectivity index (χ1v) is 9.82. The van der Waals surface area contributed by atoms with Gasteiger partial charge in [-0.3, -0.25) is 9.69 Å². The molecule has 0 unspecified atom stereocenters. The van der Waals surface area contributed by atoms with Gasteiger partial charge in [-0.05, 0) is 43.5 Å². The summed E-state index contributed by atoms with van der Waals surface area (Å²) in [5.74, 6) is 0. The molecule has 8 heteroatoms. The summed E-state index contributed by atoms with van der Waals surface area (Å²) >= 11 is 6.12. The van der Waals surface area contributed by atoms with Crippen LogP contribution in [-0.4, -0.2) is 69.2 Å². The minimum atomic E-state index is -0.746. The van der Waals surface area contributed by atoms with Gasteiger partial charge in [0.05, 0.1) is 18.3 Å². The van der Waals surface area contributed by atoms with Crippen molar-refractivity contribution in [1.82, 2.24) is 9.88 Å². The van der Waals surface area contributed by atoms with E-state index in [2.05, 4.69) is 16.8 Å². The van der Waals surface area contributed by atoms with Gasteiger partial charge in [-0.2, -0.15) is 0 Å². The minimum Gasteiger partial charge on any atom is -0.483 e. The number of aromatic amines is 1. The smallest absolute Gasteiger partial charge is 0.290 e. The molecule has 0 radical (unpaired) electrons. The van der Waals surface area contributed by atoms with E-state index in [9.17, 15) is 10.2 Å². The second kappa shape index (κ2) is 8.80. The molecular weight excluding hydrogens is 384 g/mol. The number of nitrogens with zero attached hydrogens (tertiary/aromatic N) is 1. The van der Waals surface area contributed by atoms with Crippen molar-refractivity contribution in [3.63, 3.8) is 0 Å². The zero-order valence-electron chi connectivity index (χ0n) is 15.9. The standard InChI is InChI=1S/C19H25ClN2O3.CH2O2/c1-12-14-8-13(20)2-3-15(14)21-16(12)10-22-6-4-19(5-7-22)9-17(23)18(24)11-25-19;2-1-3/h2-3,8,17-18,21,23-24H,4-7,9-11H2,1H3;1H,(H,2,3)/t17-,18+;/m1./s1. The van der Waals surface area contributed by atoms with Crippen molar-refractivity contribution in [2.24, 2.45) is 0 Å². The molecule has 1 aromatic heterocycles. The largest absolute Gasteiger partial charge is 0.483 e. The zero-order valence-corrected chi connectivity index (χ0v) is 16.7. The Balaban J connectivity index is 0.000000706. The third-order valence-corrected chi connectivity index (χ3v) is 6.09. The third kappa shape index (κ3) is 4.50. The molecule has 2 aromatic rings. The maximum Gasteiger partial charge on any atom is 0.290 e. The number of nitrogens with one attached hydrogen (secondary N) is 1. The van der Waals surface area contributed by atoms with Crippen LogP contribution in [0, 0.1) is 6.92 Å². The number of aliphatic hydroxyl groups is 2. The predicted octanol–water partition coefficient (Wildman–Crippen LogP) is 2.31. The number of carboxylic acid groups (broad SMARTS) is 1. The average Bonchev–Trinajstić information content (AvgIpc) is 2.97. The molecule has 1 aromatic carbocycles. The van der Waals surface area contributed by atoms with Crippen LogP contribution in [0.1, 0.15) is 30.5 Å². The van der Waals surface area contributed by atoms with Crippen molar-refractivity contribution in [2.75, 3.05) is 19.7 Å². The number of fused-ring (bicyclic) bond motifs is 1. The van der Waals surface area contributed by atoms with E-state index in [-0.39, 0.29) is 18.7 Å². The Hall–Kier alpha value is -1.64. The summed E-state index contributed by atoms with van der Waals surface area (Å²) in [5.41, 5.74) is 3.34. The van der Waals surface area contributed by atoms with E-state index in [1.807, 2.05) is 18.2 Å². The summed E-state index contributed by atoms with van der Waals surface area (Å²) in [5, 5.41) is 28.5. The molecule has 2 aliphatic rings. The number of rotatable bonds is 2. The van der Waals surface area contributed by atoms with E-state index in [1.165, 1.54) is 16.6 Å². The Morgan fingerprint density at radius 1 is 1.32 bits per heavy atom. The van der Waals surface area contributed by atoms with Crippen LogP contribution in [0.5, 0.6) is 0 Å². The Morgan fingerprint density at radius 3 is 2.64 bits per heavy atom. The van der Waals surface area contributed by atoms with Crippen LogP contribution in [0.15, 0.2) is 18.2 Å². The summed E-state index contributed by atoms with van der Waals surface area (Å²) in [6.45, 7) is 4.86. The van der Waals surface area contributed by atoms with E-state index in [0.717, 1.165) is 43.0 Å². The van der Waals surface area contributed by atoms with Gasteiger partial charge < -0.3 is 25.0 Å². The Morgan fingerprint density at radius 2 is 2.00 bits per heavy atom. The fourth-order valence-corrected chi connectivity index (χ4v) is 4.32. The van der Waals surface area contributed by atoms with Crippen LogP contribution in [0.25, 0.3) is 10.9 Å². The highest BCUT2D eigenvalue weighted by molar-refractivity contribution is 6.31. The molecule has 4 N–H and O–H groups in total. The lowest BCUT2D eigenvalue weighted by Gasteiger charge is -2.46. The molecule has 2 fully saturated rings. The van der Waals surface area contributed by atoms with E-state index >= 15 is 0 Å². The van der Waals surface area contributed by atoms with Gasteiger partial charge in [0, 0.05) is 47.7 Å². The Labute approximate surface area is 168 Å². The Bertz CT molecular complexity index is 816. The lowest BCUT2D eigenvalue weighted by Crippen LogP contribution is -2.54. The highest BCUT2D eigenvalue weighted by atomic mass is 35.5. The van der Waals surface area contributed by atoms with Gasteiger partial charge in [-0.1, -0.05) is 11.6 Å². The summed E-state index contributed by atoms with van der Waals surface area (Å²) in [4.78, 5) is 14.3. The van der Waals surface area contributed by atoms with Gasteiger partial charge in [0.25, 0.3) is 6.47 Å². The lowest BCUT2D eigenvalue weighted by atomic mass is 9.82. The van der Waals surface area contributed by atoms with Crippen molar-refractivity contribution >= 4 is 29.0 Å². The van der Waals surface area contributed by atoms with Crippen LogP contribution in [0.3, 0.4) is 0 Å². The van der Waals surface area contributed by atoms with E-state index in [1.54, 1.807) is 0 Å². The molecule has 4 rings (SSSR count). The van der Waals surface area contributed by atoms with Crippen LogP contribution in [-0.2, 0) is 16.1 Å². The maximum atomic E-state index is 9.98. The molecule has 154 valence electrons. The highest BCUT2D eigenvalue weighted by Gasteiger charge is 2.42. The molecule has 28 heavy (non-hydrogen) atoms. The van der Waals surface area contributed by atoms with Gasteiger partial charge >= 0.3 is 0 Å². The molecule has 7 nitrogen and oxygen atoms in total. The van der Waals surface area contributed by atoms with E-state index in [0.29, 0.717) is 6.42 Å². The number of aliphatic hydroxyl groups excluding tert-OH is 2. The summed E-state index contributed by atoms with van der Waals surface area (Å²) < 4.78 is 5.91. The number of aromatic nitrogens is 1. The first kappa shape index (κ1) is 21.1. The summed E-state index contributed by atoms with van der Waals surface area (Å²) in [6.07, 6.45) is 0.904. The Kier molecular flexibility index (Phi) is 6.62. The molecular formula is C20H27ClN2O5. The number of hydrogen-bond acceptors (Lipinski definition) is 5. The molecule has 3 heterocycles. The number of ether oxygens (including phenoxy) is 1. The zero-order chi connectivity index (χ0) is 20.3. The van der Waals surface area contributed by atoms with Crippen molar-refractivity contribution in [2.45, 2.75) is 50.5 Å². The van der Waals surface area contributed by atoms with Gasteiger partial charge in [0.15, 0.2) is 0 Å². The van der Waals surface area contributed by atoms with Crippen LogP contribution in [0.4, 0.5) is 0 Å². The van der Waals surface area contributed by atoms with Crippen molar-refractivity contribution in [3.05, 3.63) is 34.5 Å². The molecule has 2 aliphatic heterocycles. The highest BCUT2D eigenvalue weighted by Crippen LogP contribution is 2.36. The second-order valence-corrected chi connectivity index (χ2v) is 8.07. The number of likely N-dealkylation sites (tertiary alicyclic amines) is 1. The molecule has 1 spiro atoms. The van der Waals surface area contributed by atoms with Crippen molar-refractivity contribution in [1.29, 1.82) is 0 Å². The first-order chi connectivity index (χ1) is 13.4. The molecule has 0 aliphatic carbocycles. The molecule has 2 saturated heterocycles. The van der Waals surface area contributed by atoms with Crippen LogP contribution >= 0.6 is 11.6 Å². The number of aryl methyl sites for hydroxylation is 1. The van der Waals surface area contributed by atoms with E-state index < -0.39 is 12.2 Å². The second-order valence-electron chi connectivity index (χ2n) is 7.63. The number of carbonyl (C=O) groups is 1. The van der Waals surface area contributed by atoms with Gasteiger partial charge in [0.2, 0.25) is 0 Å². The topological polar surface area (TPSA) is 106 Å². The maximum absolute atomic E-state index is 9.98. The van der Waals surface area contributed by atoms with E-state index in [4.69, 9.17) is 26.2 Å². The number of benzene rings is 1. The fourth-order valence-electron chi connectivity index (χ4n) is 4.15. The molecule has 2 atom stereocenters. The minimum absolute atomic E-state index is 0.239. The van der Waals surface area contributed by atoms with Crippen molar-refractivity contribution in [3.8, 4) is 0 Å². The number of hydrogen-bond donors (Lipinski definition) is 4. The van der Waals surface area contributed by atoms with Gasteiger partial charge in [0.1, 0.15) is 6.10 Å². The summed E-state index contributed by atoms with van der Waals surface area (Å²) in [6, 6.07) is 5.95. The normalized spacial score (nSPS) is 24.7. The predicted molar refractivity (Wildman–Crippen MR) is 107 cm³/mol. The number of piperidine rings is 1. The quantitative estimate of drug-likeness (QED) is 0.566. The number of H-pyrrole nitrogens is 1. The lowest BCUT2D eigenvalue weighted by molar-refractivity contribution is -0.188. The number of halogens is 1. The van der Waals surface area contributed by atoms with Crippen LogP contribution < -0.4 is 0 Å². The third-order valence-electron chi connectivity index (χ3n) is 5.86. The molecule has 0 bridgehead atoms. The van der Waals surface area contributed by atoms with Gasteiger partial charge in [-0.15, -0.1) is 0 Å². The molecule has 0 saturated carbocycles. The van der Waals surface area contributed by atoms with Crippen molar-refractivity contribution < 1.29 is 24.9 Å². The first-order valence-electron chi connectivity index (χ1n) is 9.44. The van der Waals surface area contributed by atoms with Crippen LogP contribution in [0.2, 0.25) is 5.02 Å². The van der Waals surface area contributed by atoms with Gasteiger partial charge in [-0.25, -0.2) is 0 Å². The average molecular weight is 411 g/mol. The fraction of sp³-hybridized carbons (Fsp3) is 0.550. The molecule has 0 amide bonds. The summed E-state index contributed by atoms with van der Waals surface area (Å²) in [7, 11) is 0.